The number of rotatable bonds is 2. The molecular weight excluding hydrogens is 178 g/mol. The van der Waals surface area contributed by atoms with E-state index in [1.165, 1.54) is 0 Å². The molecule has 1 unspecified atom stereocenters. The third-order valence-electron chi connectivity index (χ3n) is 2.40. The van der Waals surface area contributed by atoms with Crippen molar-refractivity contribution in [1.82, 2.24) is 4.90 Å². The molecule has 14 heavy (non-hydrogen) atoms. The highest BCUT2D eigenvalue weighted by Gasteiger charge is 2.26. The monoisotopic (exact) mass is 199 g/mol. The lowest BCUT2D eigenvalue weighted by Crippen LogP contribution is -2.31. The van der Waals surface area contributed by atoms with E-state index in [0.717, 1.165) is 19.4 Å². The number of nitrogens with zero attached hydrogens (tertiary/aromatic N) is 1. The van der Waals surface area contributed by atoms with Crippen molar-refractivity contribution in [2.75, 3.05) is 13.6 Å². The third-order valence-corrected chi connectivity index (χ3v) is 2.40. The molecule has 1 heterocycles. The van der Waals surface area contributed by atoms with Crippen LogP contribution in [-0.4, -0.2) is 30.7 Å². The molecule has 0 saturated carbocycles. The lowest BCUT2D eigenvalue weighted by molar-refractivity contribution is -0.157. The van der Waals surface area contributed by atoms with Gasteiger partial charge >= 0.3 is 5.97 Å². The van der Waals surface area contributed by atoms with Crippen LogP contribution in [0.2, 0.25) is 0 Å². The Balaban J connectivity index is 2.33. The maximum atomic E-state index is 11.5. The zero-order valence-corrected chi connectivity index (χ0v) is 9.67. The molecule has 0 spiro atoms. The second-order valence-corrected chi connectivity index (χ2v) is 5.30. The molecule has 0 aromatic heterocycles. The quantitative estimate of drug-likeness (QED) is 0.637. The van der Waals surface area contributed by atoms with E-state index >= 15 is 0 Å². The van der Waals surface area contributed by atoms with Crippen LogP contribution >= 0.6 is 0 Å². The summed E-state index contributed by atoms with van der Waals surface area (Å²) in [5.74, 6) is -0.0729. The summed E-state index contributed by atoms with van der Waals surface area (Å²) >= 11 is 0. The largest absolute Gasteiger partial charge is 0.446 e. The topological polar surface area (TPSA) is 29.5 Å². The number of carbonyl (C=O) groups is 1. The van der Waals surface area contributed by atoms with Gasteiger partial charge in [0.1, 0.15) is 0 Å². The number of hydrogen-bond acceptors (Lipinski definition) is 3. The highest BCUT2D eigenvalue weighted by molar-refractivity contribution is 5.70. The van der Waals surface area contributed by atoms with Crippen LogP contribution in [0.4, 0.5) is 0 Å². The average molecular weight is 199 g/mol. The van der Waals surface area contributed by atoms with Crippen LogP contribution in [0.3, 0.4) is 0 Å². The van der Waals surface area contributed by atoms with Gasteiger partial charge in [-0.15, -0.1) is 0 Å². The summed E-state index contributed by atoms with van der Waals surface area (Å²) in [5, 5.41) is 0. The summed E-state index contributed by atoms with van der Waals surface area (Å²) in [6.45, 7) is 7.18. The second kappa shape index (κ2) is 4.30. The fourth-order valence-electron chi connectivity index (χ4n) is 1.65. The zero-order chi connectivity index (χ0) is 10.8. The van der Waals surface area contributed by atoms with Gasteiger partial charge in [0, 0.05) is 6.54 Å². The molecule has 1 rings (SSSR count). The number of carbonyl (C=O) groups excluding carboxylic acids is 1. The fraction of sp³-hybridized carbons (Fsp3) is 0.909. The van der Waals surface area contributed by atoms with Crippen LogP contribution in [-0.2, 0) is 9.53 Å². The second-order valence-electron chi connectivity index (χ2n) is 5.30. The van der Waals surface area contributed by atoms with Gasteiger partial charge in [-0.25, -0.2) is 0 Å². The van der Waals surface area contributed by atoms with Crippen molar-refractivity contribution >= 4 is 5.97 Å². The van der Waals surface area contributed by atoms with Gasteiger partial charge in [0.15, 0.2) is 6.23 Å². The molecular formula is C11H21NO2. The van der Waals surface area contributed by atoms with Gasteiger partial charge in [0.25, 0.3) is 0 Å². The number of esters is 1. The molecule has 0 amide bonds. The predicted octanol–water partition coefficient (Wildman–Crippen LogP) is 2.02. The first-order valence-electron chi connectivity index (χ1n) is 5.28. The van der Waals surface area contributed by atoms with E-state index in [-0.39, 0.29) is 17.6 Å². The van der Waals surface area contributed by atoms with E-state index in [2.05, 4.69) is 4.90 Å². The van der Waals surface area contributed by atoms with Crippen LogP contribution < -0.4 is 0 Å². The van der Waals surface area contributed by atoms with Gasteiger partial charge in [0.05, 0.1) is 6.42 Å². The molecule has 0 aromatic carbocycles. The Morgan fingerprint density at radius 1 is 1.50 bits per heavy atom. The van der Waals surface area contributed by atoms with Gasteiger partial charge in [-0.05, 0) is 25.3 Å². The molecule has 0 bridgehead atoms. The lowest BCUT2D eigenvalue weighted by atomic mass is 9.92. The normalized spacial score (nSPS) is 23.9. The smallest absolute Gasteiger partial charge is 0.307 e. The highest BCUT2D eigenvalue weighted by atomic mass is 16.6. The molecule has 1 atom stereocenters. The minimum Gasteiger partial charge on any atom is -0.446 e. The van der Waals surface area contributed by atoms with Gasteiger partial charge in [-0.3, -0.25) is 9.69 Å². The first-order chi connectivity index (χ1) is 6.38. The molecule has 82 valence electrons. The first kappa shape index (κ1) is 11.5. The van der Waals surface area contributed by atoms with Gasteiger partial charge in [0.2, 0.25) is 0 Å². The van der Waals surface area contributed by atoms with Crippen molar-refractivity contribution < 1.29 is 9.53 Å². The SMILES string of the molecule is CN1CCCC1OC(=O)CC(C)(C)C. The molecule has 0 aromatic rings. The predicted molar refractivity (Wildman–Crippen MR) is 55.8 cm³/mol. The van der Waals surface area contributed by atoms with E-state index in [9.17, 15) is 4.79 Å². The van der Waals surface area contributed by atoms with E-state index in [1.54, 1.807) is 0 Å². The van der Waals surface area contributed by atoms with Crippen LogP contribution in [0, 0.1) is 5.41 Å². The molecule has 1 aliphatic rings. The summed E-state index contributed by atoms with van der Waals surface area (Å²) in [5.41, 5.74) is 0.0221. The van der Waals surface area contributed by atoms with E-state index in [4.69, 9.17) is 4.74 Å². The fourth-order valence-corrected chi connectivity index (χ4v) is 1.65. The molecule has 1 fully saturated rings. The Hall–Kier alpha value is -0.570. The Labute approximate surface area is 86.4 Å². The third kappa shape index (κ3) is 3.66. The van der Waals surface area contributed by atoms with Crippen molar-refractivity contribution in [2.45, 2.75) is 46.3 Å². The zero-order valence-electron chi connectivity index (χ0n) is 9.67. The van der Waals surface area contributed by atoms with Crippen LogP contribution in [0.5, 0.6) is 0 Å². The van der Waals surface area contributed by atoms with Crippen molar-refractivity contribution in [3.05, 3.63) is 0 Å². The van der Waals surface area contributed by atoms with E-state index in [1.807, 2.05) is 27.8 Å². The lowest BCUT2D eigenvalue weighted by Gasteiger charge is -2.22. The summed E-state index contributed by atoms with van der Waals surface area (Å²) in [4.78, 5) is 13.6. The van der Waals surface area contributed by atoms with Gasteiger partial charge in [-0.2, -0.15) is 0 Å². The first-order valence-corrected chi connectivity index (χ1v) is 5.28. The molecule has 0 aliphatic carbocycles. The maximum Gasteiger partial charge on any atom is 0.307 e. The van der Waals surface area contributed by atoms with Gasteiger partial charge in [-0.1, -0.05) is 20.8 Å². The average Bonchev–Trinajstić information content (AvgIpc) is 2.32. The number of hydrogen-bond donors (Lipinski definition) is 0. The van der Waals surface area contributed by atoms with Gasteiger partial charge < -0.3 is 4.74 Å². The summed E-state index contributed by atoms with van der Waals surface area (Å²) in [7, 11) is 2.00. The van der Waals surface area contributed by atoms with Crippen molar-refractivity contribution in [3.8, 4) is 0 Å². The minimum absolute atomic E-state index is 0.0184. The molecule has 3 nitrogen and oxygen atoms in total. The van der Waals surface area contributed by atoms with Crippen LogP contribution in [0.1, 0.15) is 40.0 Å². The Bertz CT molecular complexity index is 208. The van der Waals surface area contributed by atoms with E-state index in [0.29, 0.717) is 6.42 Å². The van der Waals surface area contributed by atoms with Crippen molar-refractivity contribution in [1.29, 1.82) is 0 Å². The standard InChI is InChI=1S/C11H21NO2/c1-11(2,3)8-10(13)14-9-6-5-7-12(9)4/h9H,5-8H2,1-4H3. The molecule has 1 saturated heterocycles. The molecule has 1 aliphatic heterocycles. The van der Waals surface area contributed by atoms with Crippen molar-refractivity contribution in [3.63, 3.8) is 0 Å². The van der Waals surface area contributed by atoms with Crippen molar-refractivity contribution in [2.24, 2.45) is 5.41 Å². The minimum atomic E-state index is -0.0729. The number of ether oxygens (including phenoxy) is 1. The number of likely N-dealkylation sites (tertiary alicyclic amines) is 1. The summed E-state index contributed by atoms with van der Waals surface area (Å²) in [6.07, 6.45) is 2.62. The Kier molecular flexibility index (Phi) is 3.53. The van der Waals surface area contributed by atoms with Crippen LogP contribution in [0.25, 0.3) is 0 Å². The summed E-state index contributed by atoms with van der Waals surface area (Å²) < 4.78 is 5.39. The maximum absolute atomic E-state index is 11.5. The molecule has 0 N–H and O–H groups in total. The molecule has 0 radical (unpaired) electrons. The molecule has 3 heteroatoms. The summed E-state index contributed by atoms with van der Waals surface area (Å²) in [6, 6.07) is 0. The highest BCUT2D eigenvalue weighted by Crippen LogP contribution is 2.22. The van der Waals surface area contributed by atoms with E-state index < -0.39 is 0 Å². The van der Waals surface area contributed by atoms with Crippen LogP contribution in [0.15, 0.2) is 0 Å². The Morgan fingerprint density at radius 3 is 2.57 bits per heavy atom. The Morgan fingerprint density at radius 2 is 2.14 bits per heavy atom.